The molecule has 0 spiro atoms. The molecule has 1 aliphatic heterocycles. The van der Waals surface area contributed by atoms with Gasteiger partial charge in [0.1, 0.15) is 0 Å². The molecule has 0 saturated carbocycles. The second kappa shape index (κ2) is 16.0. The second-order valence-electron chi connectivity index (χ2n) is 15.2. The van der Waals surface area contributed by atoms with Gasteiger partial charge in [-0.25, -0.2) is 15.0 Å². The van der Waals surface area contributed by atoms with Crippen LogP contribution in [0.5, 0.6) is 11.5 Å². The predicted octanol–water partition coefficient (Wildman–Crippen LogP) is 12.6. The molecule has 0 bridgehead atoms. The SMILES string of the molecule is C1=CC2Oc3c(-c4cc(-c5cccnc5)cc(-c5cccnc5)c4)ccc(-c4nc(-c5cccc(-c6ccccc6)c5)nc(-c5cccc(-c6ccccc6)c5)n4)c3OC2C=C1. The number of ether oxygens (including phenoxy) is 2. The van der Waals surface area contributed by atoms with Crippen LogP contribution >= 0.6 is 0 Å². The molecular formula is C55H37N5O2. The molecule has 3 aromatic heterocycles. The molecule has 0 radical (unpaired) electrons. The summed E-state index contributed by atoms with van der Waals surface area (Å²) in [5, 5.41) is 0. The number of fused-ring (bicyclic) bond motifs is 2. The smallest absolute Gasteiger partial charge is 0.174 e. The van der Waals surface area contributed by atoms with Crippen molar-refractivity contribution in [3.63, 3.8) is 0 Å². The van der Waals surface area contributed by atoms with Gasteiger partial charge in [0.15, 0.2) is 41.2 Å². The van der Waals surface area contributed by atoms with Gasteiger partial charge in [0, 0.05) is 52.6 Å². The Morgan fingerprint density at radius 2 is 0.742 bits per heavy atom. The summed E-state index contributed by atoms with van der Waals surface area (Å²) in [6, 6.07) is 56.1. The summed E-state index contributed by atoms with van der Waals surface area (Å²) < 4.78 is 13.9. The summed E-state index contributed by atoms with van der Waals surface area (Å²) in [6.07, 6.45) is 14.7. The van der Waals surface area contributed by atoms with Crippen molar-refractivity contribution < 1.29 is 9.47 Å². The molecule has 0 N–H and O–H groups in total. The highest BCUT2D eigenvalue weighted by atomic mass is 16.6. The first-order valence-electron chi connectivity index (χ1n) is 20.6. The Kier molecular flexibility index (Phi) is 9.52. The fourth-order valence-corrected chi connectivity index (χ4v) is 8.13. The van der Waals surface area contributed by atoms with Gasteiger partial charge < -0.3 is 9.47 Å². The van der Waals surface area contributed by atoms with Crippen LogP contribution in [0.4, 0.5) is 0 Å². The maximum atomic E-state index is 6.98. The molecule has 6 aromatic carbocycles. The average Bonchev–Trinajstić information content (AvgIpc) is 3.36. The lowest BCUT2D eigenvalue weighted by Crippen LogP contribution is -2.38. The number of nitrogens with zero attached hydrogens (tertiary/aromatic N) is 5. The van der Waals surface area contributed by atoms with Gasteiger partial charge in [-0.05, 0) is 106 Å². The molecule has 2 atom stereocenters. The summed E-state index contributed by atoms with van der Waals surface area (Å²) in [5.74, 6) is 2.75. The number of rotatable bonds is 8. The summed E-state index contributed by atoms with van der Waals surface area (Å²) in [5.41, 5.74) is 12.7. The number of hydrogen-bond donors (Lipinski definition) is 0. The minimum absolute atomic E-state index is 0.327. The number of benzene rings is 6. The maximum absolute atomic E-state index is 6.98. The topological polar surface area (TPSA) is 82.9 Å². The third kappa shape index (κ3) is 7.22. The lowest BCUT2D eigenvalue weighted by atomic mass is 9.92. The van der Waals surface area contributed by atoms with Crippen LogP contribution < -0.4 is 9.47 Å². The van der Waals surface area contributed by atoms with E-state index in [1.807, 2.05) is 116 Å². The minimum atomic E-state index is -0.347. The Morgan fingerprint density at radius 1 is 0.323 bits per heavy atom. The number of allylic oxidation sites excluding steroid dienone is 2. The first kappa shape index (κ1) is 36.8. The van der Waals surface area contributed by atoms with Crippen LogP contribution in [-0.2, 0) is 0 Å². The molecule has 2 aliphatic rings. The summed E-state index contributed by atoms with van der Waals surface area (Å²) in [6.45, 7) is 0. The molecule has 4 heterocycles. The monoisotopic (exact) mass is 799 g/mol. The lowest BCUT2D eigenvalue weighted by molar-refractivity contribution is 0.0769. The van der Waals surface area contributed by atoms with Gasteiger partial charge in [0.25, 0.3) is 0 Å². The molecule has 11 rings (SSSR count). The van der Waals surface area contributed by atoms with Crippen LogP contribution in [0.3, 0.4) is 0 Å². The van der Waals surface area contributed by atoms with E-state index < -0.39 is 0 Å². The van der Waals surface area contributed by atoms with Crippen LogP contribution in [0.1, 0.15) is 0 Å². The summed E-state index contributed by atoms with van der Waals surface area (Å²) in [7, 11) is 0. The summed E-state index contributed by atoms with van der Waals surface area (Å²) in [4.78, 5) is 24.5. The van der Waals surface area contributed by atoms with E-state index in [1.54, 1.807) is 12.4 Å². The van der Waals surface area contributed by atoms with Crippen LogP contribution in [0.2, 0.25) is 0 Å². The van der Waals surface area contributed by atoms with E-state index in [-0.39, 0.29) is 12.2 Å². The Hall–Kier alpha value is -8.29. The van der Waals surface area contributed by atoms with Crippen LogP contribution in [0, 0.1) is 0 Å². The number of pyridine rings is 2. The molecule has 0 fully saturated rings. The highest BCUT2D eigenvalue weighted by molar-refractivity contribution is 5.87. The van der Waals surface area contributed by atoms with E-state index in [4.69, 9.17) is 24.4 Å². The van der Waals surface area contributed by atoms with Crippen molar-refractivity contribution in [2.24, 2.45) is 0 Å². The first-order chi connectivity index (χ1) is 30.7. The zero-order valence-electron chi connectivity index (χ0n) is 33.4. The normalized spacial score (nSPS) is 14.9. The third-order valence-corrected chi connectivity index (χ3v) is 11.2. The molecule has 2 unspecified atom stereocenters. The molecule has 62 heavy (non-hydrogen) atoms. The molecule has 294 valence electrons. The van der Waals surface area contributed by atoms with Gasteiger partial charge in [0.2, 0.25) is 0 Å². The molecule has 0 amide bonds. The van der Waals surface area contributed by atoms with Crippen molar-refractivity contribution in [2.75, 3.05) is 0 Å². The van der Waals surface area contributed by atoms with E-state index >= 15 is 0 Å². The van der Waals surface area contributed by atoms with E-state index in [2.05, 4.69) is 94.9 Å². The second-order valence-corrected chi connectivity index (χ2v) is 15.2. The van der Waals surface area contributed by atoms with Crippen molar-refractivity contribution in [2.45, 2.75) is 12.2 Å². The molecular weight excluding hydrogens is 763 g/mol. The molecule has 7 heteroatoms. The van der Waals surface area contributed by atoms with E-state index in [9.17, 15) is 0 Å². The van der Waals surface area contributed by atoms with Gasteiger partial charge >= 0.3 is 0 Å². The Bertz CT molecular complexity index is 2980. The fraction of sp³-hybridized carbons (Fsp3) is 0.0364. The molecule has 9 aromatic rings. The van der Waals surface area contributed by atoms with E-state index in [0.717, 1.165) is 66.8 Å². The first-order valence-corrected chi connectivity index (χ1v) is 20.6. The standard InChI is InChI=1S/C55H37N5O2/c1-3-13-36(14-4-1)38-17-9-19-40(29-38)53-58-54(41-20-10-18-39(30-41)37-15-5-2-6-16-37)60-55(59-53)48-26-25-47(51-52(48)62-50-24-8-7-23-49(50)61-51)46-32-44(42-21-11-27-56-34-42)31-45(33-46)43-22-12-28-57-35-43/h1-35,49-50H. The zero-order valence-corrected chi connectivity index (χ0v) is 33.4. The van der Waals surface area contributed by atoms with Gasteiger partial charge in [-0.15, -0.1) is 0 Å². The van der Waals surface area contributed by atoms with Crippen LogP contribution in [0.15, 0.2) is 213 Å². The van der Waals surface area contributed by atoms with Gasteiger partial charge in [-0.3, -0.25) is 9.97 Å². The molecule has 0 saturated heterocycles. The largest absolute Gasteiger partial charge is 0.478 e. The Labute approximate surface area is 359 Å². The van der Waals surface area contributed by atoms with Crippen molar-refractivity contribution >= 4 is 0 Å². The van der Waals surface area contributed by atoms with Crippen molar-refractivity contribution in [3.05, 3.63) is 213 Å². The zero-order chi connectivity index (χ0) is 41.2. The Balaban J connectivity index is 1.11. The summed E-state index contributed by atoms with van der Waals surface area (Å²) >= 11 is 0. The van der Waals surface area contributed by atoms with E-state index in [0.29, 0.717) is 34.5 Å². The lowest BCUT2D eigenvalue weighted by Gasteiger charge is -2.34. The highest BCUT2D eigenvalue weighted by Crippen LogP contribution is 2.49. The average molecular weight is 800 g/mol. The predicted molar refractivity (Wildman–Crippen MR) is 246 cm³/mol. The van der Waals surface area contributed by atoms with E-state index in [1.165, 1.54) is 0 Å². The van der Waals surface area contributed by atoms with Crippen LogP contribution in [-0.4, -0.2) is 37.1 Å². The van der Waals surface area contributed by atoms with Crippen molar-refractivity contribution in [1.29, 1.82) is 0 Å². The third-order valence-electron chi connectivity index (χ3n) is 11.2. The van der Waals surface area contributed by atoms with Crippen LogP contribution in [0.25, 0.3) is 89.8 Å². The number of hydrogen-bond acceptors (Lipinski definition) is 7. The van der Waals surface area contributed by atoms with Gasteiger partial charge in [-0.1, -0.05) is 121 Å². The minimum Gasteiger partial charge on any atom is -0.478 e. The highest BCUT2D eigenvalue weighted by Gasteiger charge is 2.34. The fourth-order valence-electron chi connectivity index (χ4n) is 8.13. The number of aromatic nitrogens is 5. The molecule has 7 nitrogen and oxygen atoms in total. The van der Waals surface area contributed by atoms with Gasteiger partial charge in [-0.2, -0.15) is 0 Å². The van der Waals surface area contributed by atoms with Gasteiger partial charge in [0.05, 0.1) is 5.56 Å². The maximum Gasteiger partial charge on any atom is 0.174 e. The molecule has 1 aliphatic carbocycles. The van der Waals surface area contributed by atoms with Crippen molar-refractivity contribution in [1.82, 2.24) is 24.9 Å². The Morgan fingerprint density at radius 3 is 1.26 bits per heavy atom. The quantitative estimate of drug-likeness (QED) is 0.151. The van der Waals surface area contributed by atoms with Crippen molar-refractivity contribution in [3.8, 4) is 101 Å².